The number of fused-ring (bicyclic) bond motifs is 2. The van der Waals surface area contributed by atoms with Crippen LogP contribution in [-0.4, -0.2) is 32.2 Å². The van der Waals surface area contributed by atoms with Crippen molar-refractivity contribution in [3.8, 4) is 0 Å². The molecular formula is C23H27N3O2S. The minimum absolute atomic E-state index is 0.0379. The van der Waals surface area contributed by atoms with Gasteiger partial charge in [0.05, 0.1) is 6.54 Å². The maximum absolute atomic E-state index is 11.9. The Kier molecular flexibility index (Phi) is 4.99. The molecule has 1 aromatic heterocycles. The highest BCUT2D eigenvalue weighted by Gasteiger charge is 2.36. The number of hydrogen-bond acceptors (Lipinski definition) is 3. The molecule has 1 unspecified atom stereocenters. The zero-order chi connectivity index (χ0) is 20.8. The lowest BCUT2D eigenvalue weighted by molar-refractivity contribution is 0.0653. The lowest BCUT2D eigenvalue weighted by Gasteiger charge is -2.41. The number of nitrogens with one attached hydrogen (secondary N) is 1. The van der Waals surface area contributed by atoms with Gasteiger partial charge in [-0.3, -0.25) is 5.41 Å². The molecule has 0 spiro atoms. The third kappa shape index (κ3) is 3.69. The zero-order valence-electron chi connectivity index (χ0n) is 17.1. The number of rotatable bonds is 3. The van der Waals surface area contributed by atoms with E-state index in [1.54, 1.807) is 4.90 Å². The Labute approximate surface area is 174 Å². The Bertz CT molecular complexity index is 1120. The van der Waals surface area contributed by atoms with Gasteiger partial charge in [-0.15, -0.1) is 11.3 Å². The van der Waals surface area contributed by atoms with Crippen molar-refractivity contribution in [2.24, 2.45) is 0 Å². The average molecular weight is 410 g/mol. The van der Waals surface area contributed by atoms with Gasteiger partial charge < -0.3 is 14.6 Å². The third-order valence-electron chi connectivity index (χ3n) is 5.75. The lowest BCUT2D eigenvalue weighted by Crippen LogP contribution is -2.52. The predicted octanol–water partition coefficient (Wildman–Crippen LogP) is 4.87. The fraction of sp³-hybridized carbons (Fsp3) is 0.391. The second kappa shape index (κ2) is 7.34. The molecule has 5 nitrogen and oxygen atoms in total. The molecule has 2 N–H and O–H groups in total. The van der Waals surface area contributed by atoms with E-state index in [1.807, 2.05) is 26.8 Å². The van der Waals surface area contributed by atoms with Crippen molar-refractivity contribution in [3.05, 3.63) is 63.4 Å². The number of benzene rings is 2. The number of nitrogens with zero attached hydrogens (tertiary/aromatic N) is 2. The Morgan fingerprint density at radius 3 is 2.69 bits per heavy atom. The smallest absolute Gasteiger partial charge is 0.407 e. The van der Waals surface area contributed by atoms with Crippen molar-refractivity contribution in [2.75, 3.05) is 0 Å². The number of aromatic nitrogens is 1. The molecule has 1 aliphatic carbocycles. The van der Waals surface area contributed by atoms with Gasteiger partial charge in [-0.25, -0.2) is 4.79 Å². The molecule has 29 heavy (non-hydrogen) atoms. The number of hydrogen-bond donors (Lipinski definition) is 2. The van der Waals surface area contributed by atoms with E-state index in [4.69, 9.17) is 5.41 Å². The average Bonchev–Trinajstić information content (AvgIpc) is 2.95. The summed E-state index contributed by atoms with van der Waals surface area (Å²) in [4.78, 5) is 15.2. The molecule has 0 radical (unpaired) electrons. The molecule has 3 aromatic rings. The van der Waals surface area contributed by atoms with Gasteiger partial charge in [-0.2, -0.15) is 0 Å². The van der Waals surface area contributed by atoms with Crippen LogP contribution in [-0.2, 0) is 19.4 Å². The summed E-state index contributed by atoms with van der Waals surface area (Å²) in [5.41, 5.74) is 1.98. The van der Waals surface area contributed by atoms with Crippen LogP contribution in [0.15, 0.2) is 42.5 Å². The second-order valence-corrected chi connectivity index (χ2v) is 9.81. The highest BCUT2D eigenvalue weighted by molar-refractivity contribution is 7.09. The molecule has 0 saturated heterocycles. The zero-order valence-corrected chi connectivity index (χ0v) is 17.9. The third-order valence-corrected chi connectivity index (χ3v) is 6.81. The van der Waals surface area contributed by atoms with Crippen LogP contribution in [0.1, 0.15) is 43.3 Å². The maximum atomic E-state index is 11.9. The van der Waals surface area contributed by atoms with Gasteiger partial charge in [-0.05, 0) is 49.9 Å². The molecule has 0 aliphatic heterocycles. The van der Waals surface area contributed by atoms with Gasteiger partial charge in [-0.1, -0.05) is 42.5 Å². The second-order valence-electron chi connectivity index (χ2n) is 8.72. The van der Waals surface area contributed by atoms with Gasteiger partial charge >= 0.3 is 6.09 Å². The number of carboxylic acid groups (broad SMARTS) is 1. The predicted molar refractivity (Wildman–Crippen MR) is 117 cm³/mol. The molecule has 6 heteroatoms. The largest absolute Gasteiger partial charge is 0.465 e. The first-order valence-electron chi connectivity index (χ1n) is 10.0. The van der Waals surface area contributed by atoms with Crippen LogP contribution in [0.2, 0.25) is 0 Å². The van der Waals surface area contributed by atoms with E-state index in [1.165, 1.54) is 33.4 Å². The monoisotopic (exact) mass is 409 g/mol. The summed E-state index contributed by atoms with van der Waals surface area (Å²) in [6.07, 6.45) is 1.43. The summed E-state index contributed by atoms with van der Waals surface area (Å²) in [5.74, 6) is 0. The molecule has 152 valence electrons. The minimum atomic E-state index is -0.864. The molecule has 2 aromatic carbocycles. The van der Waals surface area contributed by atoms with Crippen molar-refractivity contribution in [1.29, 1.82) is 5.41 Å². The SMILES string of the molecule is CC(C)(C)N(C(=O)O)C1CCc2c(sc(=N)n2Cc2cccc3ccccc23)C1. The quantitative estimate of drug-likeness (QED) is 0.648. The van der Waals surface area contributed by atoms with Gasteiger partial charge in [0.15, 0.2) is 4.80 Å². The number of carbonyl (C=O) groups is 1. The summed E-state index contributed by atoms with van der Waals surface area (Å²) in [5, 5.41) is 20.7. The van der Waals surface area contributed by atoms with E-state index in [-0.39, 0.29) is 6.04 Å². The first kappa shape index (κ1) is 19.7. The van der Waals surface area contributed by atoms with Crippen LogP contribution in [0, 0.1) is 5.41 Å². The van der Waals surface area contributed by atoms with E-state index in [0.717, 1.165) is 17.7 Å². The molecule has 0 fully saturated rings. The highest BCUT2D eigenvalue weighted by Crippen LogP contribution is 2.31. The highest BCUT2D eigenvalue weighted by atomic mass is 32.1. The molecule has 1 amide bonds. The number of thiazole rings is 1. The standard InChI is InChI=1S/C23H27N3O2S/c1-23(2,3)26(22(27)28)17-11-12-19-20(13-17)29-21(24)25(19)14-16-9-6-8-15-7-4-5-10-18(15)16/h4-10,17,24H,11-14H2,1-3H3,(H,27,28). The van der Waals surface area contributed by atoms with Crippen molar-refractivity contribution in [3.63, 3.8) is 0 Å². The molecule has 0 bridgehead atoms. The summed E-state index contributed by atoms with van der Waals surface area (Å²) < 4.78 is 2.11. The molecule has 1 heterocycles. The van der Waals surface area contributed by atoms with Gasteiger partial charge in [0, 0.05) is 28.6 Å². The van der Waals surface area contributed by atoms with Crippen LogP contribution < -0.4 is 4.80 Å². The van der Waals surface area contributed by atoms with E-state index < -0.39 is 11.6 Å². The van der Waals surface area contributed by atoms with E-state index in [2.05, 4.69) is 41.0 Å². The molecular weight excluding hydrogens is 382 g/mol. The molecule has 0 saturated carbocycles. The first-order chi connectivity index (χ1) is 13.8. The summed E-state index contributed by atoms with van der Waals surface area (Å²) in [6, 6.07) is 14.6. The summed E-state index contributed by atoms with van der Waals surface area (Å²) in [7, 11) is 0. The Morgan fingerprint density at radius 1 is 1.24 bits per heavy atom. The van der Waals surface area contributed by atoms with Crippen LogP contribution in [0.4, 0.5) is 4.79 Å². The Balaban J connectivity index is 1.66. The fourth-order valence-corrected chi connectivity index (χ4v) is 5.66. The van der Waals surface area contributed by atoms with Crippen LogP contribution in [0.25, 0.3) is 10.8 Å². The van der Waals surface area contributed by atoms with Crippen molar-refractivity contribution in [2.45, 2.75) is 58.2 Å². The van der Waals surface area contributed by atoms with E-state index >= 15 is 0 Å². The van der Waals surface area contributed by atoms with Crippen molar-refractivity contribution >= 4 is 28.2 Å². The lowest BCUT2D eigenvalue weighted by atomic mass is 9.92. The minimum Gasteiger partial charge on any atom is -0.465 e. The van der Waals surface area contributed by atoms with Gasteiger partial charge in [0.2, 0.25) is 0 Å². The maximum Gasteiger partial charge on any atom is 0.407 e. The fourth-order valence-electron chi connectivity index (χ4n) is 4.54. The van der Waals surface area contributed by atoms with E-state index in [9.17, 15) is 9.90 Å². The Morgan fingerprint density at radius 2 is 1.97 bits per heavy atom. The number of amides is 1. The molecule has 1 aliphatic rings. The molecule has 1 atom stereocenters. The molecule has 4 rings (SSSR count). The van der Waals surface area contributed by atoms with E-state index in [0.29, 0.717) is 17.8 Å². The normalized spacial score (nSPS) is 16.6. The summed E-state index contributed by atoms with van der Waals surface area (Å²) >= 11 is 1.49. The van der Waals surface area contributed by atoms with Crippen LogP contribution >= 0.6 is 11.3 Å². The van der Waals surface area contributed by atoms with Gasteiger partial charge in [0.25, 0.3) is 0 Å². The summed E-state index contributed by atoms with van der Waals surface area (Å²) in [6.45, 7) is 6.52. The van der Waals surface area contributed by atoms with Gasteiger partial charge in [0.1, 0.15) is 0 Å². The van der Waals surface area contributed by atoms with Crippen molar-refractivity contribution < 1.29 is 9.90 Å². The Hall–Kier alpha value is -2.60. The topological polar surface area (TPSA) is 69.3 Å². The van der Waals surface area contributed by atoms with Crippen molar-refractivity contribution in [1.82, 2.24) is 9.47 Å². The van der Waals surface area contributed by atoms with Crippen LogP contribution in [0.3, 0.4) is 0 Å². The van der Waals surface area contributed by atoms with Crippen LogP contribution in [0.5, 0.6) is 0 Å². The first-order valence-corrected chi connectivity index (χ1v) is 10.8.